The molecular formula is C61H73N11O11S. The number of ether oxygens (including phenoxy) is 6. The van der Waals surface area contributed by atoms with Crippen LogP contribution in [0.4, 0.5) is 34.3 Å². The number of amides is 1. The summed E-state index contributed by atoms with van der Waals surface area (Å²) in [5.41, 5.74) is 6.26. The number of H-pyrrole nitrogens is 1. The molecule has 13 rings (SSSR count). The van der Waals surface area contributed by atoms with E-state index in [1.165, 1.54) is 17.2 Å². The lowest BCUT2D eigenvalue weighted by atomic mass is 9.59. The van der Waals surface area contributed by atoms with Gasteiger partial charge >= 0.3 is 0 Å². The summed E-state index contributed by atoms with van der Waals surface area (Å²) in [4.78, 5) is 51.2. The van der Waals surface area contributed by atoms with E-state index >= 15 is 0 Å². The number of hydrogen-bond donors (Lipinski definition) is 3. The second kappa shape index (κ2) is 23.0. The van der Waals surface area contributed by atoms with Crippen LogP contribution < -0.4 is 38.9 Å². The molecule has 0 bridgehead atoms. The minimum atomic E-state index is -4.73. The Bertz CT molecular complexity index is 3560. The number of aromatic amines is 1. The summed E-state index contributed by atoms with van der Waals surface area (Å²) in [5.74, 6) is 1.09. The van der Waals surface area contributed by atoms with Crippen molar-refractivity contribution in [3.8, 4) is 17.4 Å². The van der Waals surface area contributed by atoms with Crippen LogP contribution in [-0.4, -0.2) is 167 Å². The van der Waals surface area contributed by atoms with Crippen LogP contribution in [-0.2, 0) is 30.8 Å². The zero-order chi connectivity index (χ0) is 57.9. The van der Waals surface area contributed by atoms with Gasteiger partial charge in [-0.3, -0.25) is 24.7 Å². The van der Waals surface area contributed by atoms with E-state index < -0.39 is 43.6 Å². The van der Waals surface area contributed by atoms with Crippen LogP contribution in [0.2, 0.25) is 0 Å². The molecule has 4 saturated heterocycles. The van der Waals surface area contributed by atoms with Crippen LogP contribution in [0, 0.1) is 22.5 Å². The Hall–Kier alpha value is -7.28. The Labute approximate surface area is 488 Å². The number of piperazine rings is 1. The van der Waals surface area contributed by atoms with Crippen molar-refractivity contribution in [3.63, 3.8) is 0 Å². The fourth-order valence-corrected chi connectivity index (χ4v) is 14.7. The molecule has 444 valence electrons. The molecule has 9 heterocycles. The highest BCUT2D eigenvalue weighted by Gasteiger charge is 2.50. The number of nitrogens with one attached hydrogen (secondary N) is 3. The Morgan fingerprint density at radius 2 is 1.76 bits per heavy atom. The first-order valence-electron chi connectivity index (χ1n) is 29.4. The lowest BCUT2D eigenvalue weighted by Crippen LogP contribution is -2.59. The van der Waals surface area contributed by atoms with Gasteiger partial charge in [-0.15, -0.1) is 0 Å². The molecular weight excluding hydrogens is 1090 g/mol. The second-order valence-electron chi connectivity index (χ2n) is 23.8. The van der Waals surface area contributed by atoms with E-state index in [1.807, 2.05) is 44.3 Å². The normalized spacial score (nSPS) is 22.8. The summed E-state index contributed by atoms with van der Waals surface area (Å²) < 4.78 is 66.7. The van der Waals surface area contributed by atoms with Crippen LogP contribution in [0.3, 0.4) is 0 Å². The van der Waals surface area contributed by atoms with Crippen molar-refractivity contribution in [1.29, 1.82) is 0 Å². The van der Waals surface area contributed by atoms with E-state index in [1.54, 1.807) is 19.4 Å². The SMILES string of the molecule is COc1cc(CN2CCN(C3CC4(CCN(c5ccc(C(=O)NS(=O)(=O)c6cc7c(c([N+](=O)[O-])c6)N[C@@H](COC(C)C)CO7)c(N6c7cc8cc[nH]c8nc7O[C@H]7COCC[C@@H]76)c5)CC4)C3)[C@H](c3ccccc3C)C2)cnc1N1CCOCC1. The molecule has 22 nitrogen and oxygen atoms in total. The molecule has 1 spiro atoms. The number of benzene rings is 3. The number of piperidine rings is 1. The molecule has 7 aliphatic rings. The molecule has 3 aromatic heterocycles. The molecule has 6 aliphatic heterocycles. The Balaban J connectivity index is 0.749. The van der Waals surface area contributed by atoms with Gasteiger partial charge in [-0.1, -0.05) is 24.3 Å². The maximum absolute atomic E-state index is 14.9. The number of aryl methyl sites for hydroxylation is 1. The lowest BCUT2D eigenvalue weighted by Gasteiger charge is -2.58. The first-order valence-corrected chi connectivity index (χ1v) is 30.9. The van der Waals surface area contributed by atoms with E-state index in [-0.39, 0.29) is 60.4 Å². The number of nitrogens with zero attached hydrogens (tertiary/aromatic N) is 8. The number of morpholine rings is 1. The monoisotopic (exact) mass is 1170 g/mol. The van der Waals surface area contributed by atoms with Crippen molar-refractivity contribution < 1.29 is 46.6 Å². The van der Waals surface area contributed by atoms with Crippen LogP contribution >= 0.6 is 0 Å². The average molecular weight is 1170 g/mol. The van der Waals surface area contributed by atoms with Crippen molar-refractivity contribution in [2.24, 2.45) is 5.41 Å². The molecule has 3 aromatic carbocycles. The van der Waals surface area contributed by atoms with Gasteiger partial charge in [0.25, 0.3) is 21.6 Å². The number of pyridine rings is 2. The number of sulfonamides is 1. The topological polar surface area (TPSA) is 232 Å². The van der Waals surface area contributed by atoms with Gasteiger partial charge in [0, 0.05) is 107 Å². The second-order valence-corrected chi connectivity index (χ2v) is 25.5. The number of anilines is 5. The van der Waals surface area contributed by atoms with Crippen LogP contribution in [0.1, 0.15) is 79.0 Å². The predicted octanol–water partition coefficient (Wildman–Crippen LogP) is 7.73. The molecule has 5 fully saturated rings. The number of rotatable bonds is 15. The van der Waals surface area contributed by atoms with Gasteiger partial charge in [0.15, 0.2) is 23.0 Å². The molecule has 1 aliphatic carbocycles. The van der Waals surface area contributed by atoms with E-state index in [9.17, 15) is 23.3 Å². The predicted molar refractivity (Wildman–Crippen MR) is 317 cm³/mol. The molecule has 0 unspecified atom stereocenters. The van der Waals surface area contributed by atoms with E-state index in [0.29, 0.717) is 55.2 Å². The summed E-state index contributed by atoms with van der Waals surface area (Å²) in [7, 11) is -3.00. The minimum absolute atomic E-state index is 0.0230. The molecule has 84 heavy (non-hydrogen) atoms. The third-order valence-corrected chi connectivity index (χ3v) is 19.5. The van der Waals surface area contributed by atoms with Crippen molar-refractivity contribution in [1.82, 2.24) is 29.5 Å². The summed E-state index contributed by atoms with van der Waals surface area (Å²) in [6.07, 6.45) is 8.07. The number of hydrogen-bond acceptors (Lipinski definition) is 19. The maximum atomic E-state index is 14.9. The summed E-state index contributed by atoms with van der Waals surface area (Å²) in [6, 6.07) is 22.6. The zero-order valence-corrected chi connectivity index (χ0v) is 48.8. The third-order valence-electron chi connectivity index (χ3n) is 18.2. The molecule has 4 atom stereocenters. The summed E-state index contributed by atoms with van der Waals surface area (Å²) in [6.45, 7) is 15.2. The number of fused-ring (bicyclic) bond motifs is 4. The van der Waals surface area contributed by atoms with Crippen molar-refractivity contribution in [3.05, 3.63) is 118 Å². The Kier molecular flexibility index (Phi) is 15.3. The maximum Gasteiger partial charge on any atom is 0.297 e. The van der Waals surface area contributed by atoms with E-state index in [0.717, 1.165) is 112 Å². The van der Waals surface area contributed by atoms with Gasteiger partial charge in [0.05, 0.1) is 72.8 Å². The first-order chi connectivity index (χ1) is 40.7. The number of methoxy groups -OCH3 is 1. The van der Waals surface area contributed by atoms with Crippen molar-refractivity contribution in [2.45, 2.75) is 101 Å². The van der Waals surface area contributed by atoms with Crippen LogP contribution in [0.25, 0.3) is 11.0 Å². The summed E-state index contributed by atoms with van der Waals surface area (Å²) >= 11 is 0. The highest BCUT2D eigenvalue weighted by molar-refractivity contribution is 7.90. The van der Waals surface area contributed by atoms with Gasteiger partial charge < -0.3 is 53.4 Å². The fourth-order valence-electron chi connectivity index (χ4n) is 13.7. The molecule has 6 aromatic rings. The minimum Gasteiger partial charge on any atom is -0.493 e. The van der Waals surface area contributed by atoms with E-state index in [2.05, 4.69) is 76.8 Å². The quantitative estimate of drug-likeness (QED) is 0.0659. The third kappa shape index (κ3) is 10.9. The molecule has 1 amide bonds. The van der Waals surface area contributed by atoms with Gasteiger partial charge in [0.2, 0.25) is 5.88 Å². The standard InChI is InChI=1S/C61H73N11O11S/c1-38(2)81-35-42-36-82-53-29-45(28-50(72(74)75)56(53)64-42)84(76,77)66-59(73)47-10-9-43(27-49(47)71-48-12-22-80-37-55(48)83-60-51(71)26-41-11-15-62-57(41)65-60)68-16-13-61(14-17-68)30-44(31-61)70-19-18-67(34-52(70)46-8-6-5-7-39(46)3)33-40-25-54(78-4)58(63-32-40)69-20-23-79-24-21-69/h5-11,15,25-29,32,38,42,44,48,52,55,64H,12-14,16-24,30-31,33-37H2,1-4H3,(H,62,65)(H,66,73)/t42-,48-,52-,55-/m0/s1. The number of carbonyl (C=O) groups excluding carboxylic acids is 1. The number of nitro benzene ring substituents is 1. The van der Waals surface area contributed by atoms with Gasteiger partial charge in [-0.05, 0) is 111 Å². The van der Waals surface area contributed by atoms with Gasteiger partial charge in [0.1, 0.15) is 24.0 Å². The van der Waals surface area contributed by atoms with Crippen molar-refractivity contribution in [2.75, 3.05) is 113 Å². The molecule has 1 saturated carbocycles. The Morgan fingerprint density at radius 1 is 0.940 bits per heavy atom. The summed E-state index contributed by atoms with van der Waals surface area (Å²) in [5, 5.41) is 16.4. The smallest absolute Gasteiger partial charge is 0.297 e. The molecule has 0 radical (unpaired) electrons. The average Bonchev–Trinajstić information content (AvgIpc) is 1.51. The van der Waals surface area contributed by atoms with Crippen LogP contribution in [0.5, 0.6) is 17.4 Å². The zero-order valence-electron chi connectivity index (χ0n) is 48.0. The Morgan fingerprint density at radius 3 is 2.55 bits per heavy atom. The highest BCUT2D eigenvalue weighted by Crippen LogP contribution is 2.54. The van der Waals surface area contributed by atoms with E-state index in [4.69, 9.17) is 38.4 Å². The number of aromatic nitrogens is 3. The first kappa shape index (κ1) is 55.9. The lowest BCUT2D eigenvalue weighted by molar-refractivity contribution is -0.384. The molecule has 3 N–H and O–H groups in total. The van der Waals surface area contributed by atoms with Crippen molar-refractivity contribution >= 4 is 61.2 Å². The fraction of sp³-hybridized carbons (Fsp3) is 0.492. The molecule has 23 heteroatoms. The number of carbonyl (C=O) groups is 1. The van der Waals surface area contributed by atoms with Crippen LogP contribution in [0.15, 0.2) is 90.1 Å². The van der Waals surface area contributed by atoms with Gasteiger partial charge in [-0.25, -0.2) is 18.1 Å². The highest BCUT2D eigenvalue weighted by atomic mass is 32.2. The number of nitro groups is 1. The van der Waals surface area contributed by atoms with Gasteiger partial charge in [-0.2, -0.15) is 4.98 Å². The largest absolute Gasteiger partial charge is 0.493 e.